The van der Waals surface area contributed by atoms with Crippen LogP contribution in [0.15, 0.2) is 42.5 Å². The molecule has 3 aliphatic heterocycles. The Morgan fingerprint density at radius 3 is 2.69 bits per heavy atom. The fourth-order valence-corrected chi connectivity index (χ4v) is 4.19. The normalized spacial score (nSPS) is 20.4. The quantitative estimate of drug-likeness (QED) is 0.850. The lowest BCUT2D eigenvalue weighted by atomic mass is 10.0. The highest BCUT2D eigenvalue weighted by molar-refractivity contribution is 5.97. The first-order valence-electron chi connectivity index (χ1n) is 9.99. The van der Waals surface area contributed by atoms with Crippen LogP contribution in [0.5, 0.6) is 11.5 Å². The van der Waals surface area contributed by atoms with Gasteiger partial charge in [-0.05, 0) is 29.7 Å². The van der Waals surface area contributed by atoms with Crippen LogP contribution in [0.3, 0.4) is 0 Å². The van der Waals surface area contributed by atoms with Gasteiger partial charge in [-0.2, -0.15) is 0 Å². The van der Waals surface area contributed by atoms with Gasteiger partial charge in [0.05, 0.1) is 6.04 Å². The number of fused-ring (bicyclic) bond motifs is 2. The summed E-state index contributed by atoms with van der Waals surface area (Å²) < 4.78 is 11.2. The Bertz CT molecular complexity index is 961. The van der Waals surface area contributed by atoms with Crippen molar-refractivity contribution in [3.63, 3.8) is 0 Å². The minimum absolute atomic E-state index is 0.00373. The SMILES string of the molecule is O=C(N[C@H]1CC(=O)N(c2ccc3c(c2)OCCO3)C1)N1CCc2ccccc2C1. The van der Waals surface area contributed by atoms with Crippen LogP contribution < -0.4 is 19.7 Å². The maximum absolute atomic E-state index is 12.8. The van der Waals surface area contributed by atoms with Crippen LogP contribution in [0.2, 0.25) is 0 Å². The second-order valence-electron chi connectivity index (χ2n) is 7.62. The van der Waals surface area contributed by atoms with E-state index in [1.54, 1.807) is 4.90 Å². The van der Waals surface area contributed by atoms with Crippen LogP contribution >= 0.6 is 0 Å². The summed E-state index contributed by atoms with van der Waals surface area (Å²) >= 11 is 0. The Morgan fingerprint density at radius 2 is 1.83 bits per heavy atom. The van der Waals surface area contributed by atoms with E-state index in [0.29, 0.717) is 50.8 Å². The molecule has 3 aliphatic rings. The Labute approximate surface area is 169 Å². The van der Waals surface area contributed by atoms with Gasteiger partial charge in [-0.25, -0.2) is 4.79 Å². The molecule has 1 atom stereocenters. The van der Waals surface area contributed by atoms with Gasteiger partial charge >= 0.3 is 6.03 Å². The van der Waals surface area contributed by atoms with E-state index in [1.807, 2.05) is 35.2 Å². The maximum Gasteiger partial charge on any atom is 0.318 e. The lowest BCUT2D eigenvalue weighted by molar-refractivity contribution is -0.117. The van der Waals surface area contributed by atoms with Gasteiger partial charge in [0.1, 0.15) is 13.2 Å². The van der Waals surface area contributed by atoms with Gasteiger partial charge in [-0.15, -0.1) is 0 Å². The number of nitrogens with one attached hydrogen (secondary N) is 1. The first kappa shape index (κ1) is 17.8. The zero-order valence-electron chi connectivity index (χ0n) is 16.1. The van der Waals surface area contributed by atoms with Gasteiger partial charge in [-0.1, -0.05) is 24.3 Å². The molecule has 0 bridgehead atoms. The highest BCUT2D eigenvalue weighted by Crippen LogP contribution is 2.35. The Balaban J connectivity index is 1.23. The molecule has 1 N–H and O–H groups in total. The third kappa shape index (κ3) is 3.48. The molecule has 2 aromatic rings. The molecule has 0 aromatic heterocycles. The van der Waals surface area contributed by atoms with E-state index >= 15 is 0 Å². The molecule has 7 nitrogen and oxygen atoms in total. The fraction of sp³-hybridized carbons (Fsp3) is 0.364. The van der Waals surface area contributed by atoms with Gasteiger partial charge in [0.15, 0.2) is 11.5 Å². The second-order valence-corrected chi connectivity index (χ2v) is 7.62. The van der Waals surface area contributed by atoms with Gasteiger partial charge in [-0.3, -0.25) is 4.79 Å². The summed E-state index contributed by atoms with van der Waals surface area (Å²) in [5, 5.41) is 3.04. The zero-order chi connectivity index (χ0) is 19.8. The number of nitrogens with zero attached hydrogens (tertiary/aromatic N) is 2. The summed E-state index contributed by atoms with van der Waals surface area (Å²) in [5.41, 5.74) is 3.26. The van der Waals surface area contributed by atoms with Crippen molar-refractivity contribution in [3.05, 3.63) is 53.6 Å². The van der Waals surface area contributed by atoms with E-state index in [9.17, 15) is 9.59 Å². The number of hydrogen-bond acceptors (Lipinski definition) is 4. The van der Waals surface area contributed by atoms with Crippen molar-refractivity contribution in [1.82, 2.24) is 10.2 Å². The molecule has 2 aromatic carbocycles. The largest absolute Gasteiger partial charge is 0.486 e. The molecule has 1 fully saturated rings. The fourth-order valence-electron chi connectivity index (χ4n) is 4.19. The van der Waals surface area contributed by atoms with Crippen molar-refractivity contribution < 1.29 is 19.1 Å². The molecular weight excluding hydrogens is 370 g/mol. The number of urea groups is 1. The lowest BCUT2D eigenvalue weighted by Crippen LogP contribution is -2.47. The molecule has 1 saturated heterocycles. The average Bonchev–Trinajstić information content (AvgIpc) is 3.12. The van der Waals surface area contributed by atoms with Gasteiger partial charge < -0.3 is 24.6 Å². The molecule has 0 unspecified atom stereocenters. The number of amides is 3. The first-order chi connectivity index (χ1) is 14.2. The number of ether oxygens (including phenoxy) is 2. The van der Waals surface area contributed by atoms with E-state index in [4.69, 9.17) is 9.47 Å². The molecule has 0 saturated carbocycles. The van der Waals surface area contributed by atoms with Gasteiger partial charge in [0, 0.05) is 37.8 Å². The highest BCUT2D eigenvalue weighted by Gasteiger charge is 2.33. The minimum Gasteiger partial charge on any atom is -0.486 e. The number of carbonyl (C=O) groups is 2. The molecule has 7 heteroatoms. The van der Waals surface area contributed by atoms with Gasteiger partial charge in [0.2, 0.25) is 5.91 Å². The van der Waals surface area contributed by atoms with Gasteiger partial charge in [0.25, 0.3) is 0 Å². The minimum atomic E-state index is -0.208. The topological polar surface area (TPSA) is 71.1 Å². The van der Waals surface area contributed by atoms with Crippen LogP contribution in [-0.2, 0) is 17.8 Å². The van der Waals surface area contributed by atoms with Crippen LogP contribution in [0.4, 0.5) is 10.5 Å². The van der Waals surface area contributed by atoms with Crippen LogP contribution in [0.25, 0.3) is 0 Å². The summed E-state index contributed by atoms with van der Waals surface area (Å²) in [4.78, 5) is 28.8. The third-order valence-corrected chi connectivity index (χ3v) is 5.71. The van der Waals surface area contributed by atoms with Crippen molar-refractivity contribution in [2.75, 3.05) is 31.2 Å². The van der Waals surface area contributed by atoms with Crippen molar-refractivity contribution >= 4 is 17.6 Å². The molecule has 3 amide bonds. The molecule has 3 heterocycles. The van der Waals surface area contributed by atoms with Crippen LogP contribution in [0.1, 0.15) is 17.5 Å². The molecule has 0 spiro atoms. The van der Waals surface area contributed by atoms with Crippen LogP contribution in [-0.4, -0.2) is 49.2 Å². The number of hydrogen-bond donors (Lipinski definition) is 1. The average molecular weight is 393 g/mol. The second kappa shape index (κ2) is 7.31. The summed E-state index contributed by atoms with van der Waals surface area (Å²) in [6, 6.07) is 13.4. The predicted octanol–water partition coefficient (Wildman–Crippen LogP) is 2.33. The number of anilines is 1. The molecule has 0 aliphatic carbocycles. The van der Waals surface area contributed by atoms with Crippen LogP contribution in [0, 0.1) is 0 Å². The third-order valence-electron chi connectivity index (χ3n) is 5.71. The smallest absolute Gasteiger partial charge is 0.318 e. The molecular formula is C22H23N3O4. The maximum atomic E-state index is 12.8. The van der Waals surface area contributed by atoms with E-state index < -0.39 is 0 Å². The predicted molar refractivity (Wildman–Crippen MR) is 107 cm³/mol. The Hall–Kier alpha value is -3.22. The molecule has 150 valence electrons. The monoisotopic (exact) mass is 393 g/mol. The Morgan fingerprint density at radius 1 is 1.03 bits per heavy atom. The van der Waals surface area contributed by atoms with Crippen molar-refractivity contribution in [2.45, 2.75) is 25.4 Å². The van der Waals surface area contributed by atoms with E-state index in [1.165, 1.54) is 11.1 Å². The summed E-state index contributed by atoms with van der Waals surface area (Å²) in [7, 11) is 0. The number of benzene rings is 2. The standard InChI is InChI=1S/C22H23N3O4/c26-21-11-17(14-25(21)18-5-6-19-20(12-18)29-10-9-28-19)23-22(27)24-8-7-15-3-1-2-4-16(15)13-24/h1-6,12,17H,7-11,13-14H2,(H,23,27)/t17-/m0/s1. The number of carbonyl (C=O) groups excluding carboxylic acids is 2. The Kier molecular flexibility index (Phi) is 4.50. The highest BCUT2D eigenvalue weighted by atomic mass is 16.6. The summed E-state index contributed by atoms with van der Waals surface area (Å²) in [5.74, 6) is 1.35. The lowest BCUT2D eigenvalue weighted by Gasteiger charge is -2.30. The van der Waals surface area contributed by atoms with Crippen molar-refractivity contribution in [2.24, 2.45) is 0 Å². The molecule has 29 heavy (non-hydrogen) atoms. The summed E-state index contributed by atoms with van der Waals surface area (Å²) in [6.07, 6.45) is 1.15. The van der Waals surface area contributed by atoms with E-state index in [2.05, 4.69) is 17.4 Å². The first-order valence-corrected chi connectivity index (χ1v) is 9.99. The molecule has 0 radical (unpaired) electrons. The molecule has 5 rings (SSSR count). The van der Waals surface area contributed by atoms with Crippen molar-refractivity contribution in [1.29, 1.82) is 0 Å². The van der Waals surface area contributed by atoms with E-state index in [0.717, 1.165) is 12.1 Å². The number of rotatable bonds is 2. The summed E-state index contributed by atoms with van der Waals surface area (Å²) in [6.45, 7) is 2.78. The zero-order valence-corrected chi connectivity index (χ0v) is 16.1. The van der Waals surface area contributed by atoms with Crippen molar-refractivity contribution in [3.8, 4) is 11.5 Å². The van der Waals surface area contributed by atoms with E-state index in [-0.39, 0.29) is 18.0 Å².